The Morgan fingerprint density at radius 2 is 2.00 bits per heavy atom. The standard InChI is InChI=1S/C10H11ClO2.C2H6/c1-2-3-7-4-5-9(12)8(6-7)10(11)13;1-2/h4-6,12H,2-3H2,1H3;1-2H3. The van der Waals surface area contributed by atoms with Gasteiger partial charge in [-0.2, -0.15) is 0 Å². The fourth-order valence-electron chi connectivity index (χ4n) is 1.18. The lowest BCUT2D eigenvalue weighted by Crippen LogP contribution is -1.92. The highest BCUT2D eigenvalue weighted by Gasteiger charge is 2.08. The van der Waals surface area contributed by atoms with Gasteiger partial charge in [0, 0.05) is 0 Å². The number of aryl methyl sites for hydroxylation is 1. The van der Waals surface area contributed by atoms with Crippen molar-refractivity contribution in [1.29, 1.82) is 0 Å². The molecule has 15 heavy (non-hydrogen) atoms. The second-order valence-corrected chi connectivity index (χ2v) is 3.22. The predicted octanol–water partition coefficient (Wildman–Crippen LogP) is 3.75. The highest BCUT2D eigenvalue weighted by molar-refractivity contribution is 6.68. The molecule has 1 aromatic carbocycles. The Balaban J connectivity index is 0.000000921. The van der Waals surface area contributed by atoms with Gasteiger partial charge in [-0.15, -0.1) is 0 Å². The lowest BCUT2D eigenvalue weighted by molar-refractivity contribution is 0.107. The van der Waals surface area contributed by atoms with Crippen LogP contribution in [-0.2, 0) is 6.42 Å². The van der Waals surface area contributed by atoms with Crippen molar-refractivity contribution in [2.45, 2.75) is 33.6 Å². The first-order valence-corrected chi connectivity index (χ1v) is 5.54. The average Bonchev–Trinajstić information content (AvgIpc) is 2.24. The molecule has 0 aromatic heterocycles. The normalized spacial score (nSPS) is 9.07. The van der Waals surface area contributed by atoms with E-state index < -0.39 is 5.24 Å². The molecule has 1 aromatic rings. The molecule has 3 heteroatoms. The van der Waals surface area contributed by atoms with Gasteiger partial charge < -0.3 is 5.11 Å². The van der Waals surface area contributed by atoms with Crippen LogP contribution in [0.25, 0.3) is 0 Å². The number of phenols is 1. The Morgan fingerprint density at radius 3 is 2.47 bits per heavy atom. The van der Waals surface area contributed by atoms with E-state index in [1.807, 2.05) is 13.8 Å². The molecule has 0 radical (unpaired) electrons. The molecule has 1 N–H and O–H groups in total. The van der Waals surface area contributed by atoms with Crippen LogP contribution in [0.2, 0.25) is 0 Å². The number of hydrogen-bond donors (Lipinski definition) is 1. The number of benzene rings is 1. The Hall–Kier alpha value is -1.02. The fourth-order valence-corrected chi connectivity index (χ4v) is 1.34. The van der Waals surface area contributed by atoms with Gasteiger partial charge >= 0.3 is 0 Å². The van der Waals surface area contributed by atoms with E-state index in [-0.39, 0.29) is 11.3 Å². The van der Waals surface area contributed by atoms with Gasteiger partial charge in [-0.05, 0) is 35.7 Å². The van der Waals surface area contributed by atoms with Crippen molar-refractivity contribution < 1.29 is 9.90 Å². The fraction of sp³-hybridized carbons (Fsp3) is 0.417. The zero-order chi connectivity index (χ0) is 11.8. The van der Waals surface area contributed by atoms with Gasteiger partial charge in [-0.3, -0.25) is 4.79 Å². The largest absolute Gasteiger partial charge is 0.507 e. The van der Waals surface area contributed by atoms with E-state index in [1.165, 1.54) is 6.07 Å². The minimum Gasteiger partial charge on any atom is -0.507 e. The van der Waals surface area contributed by atoms with E-state index in [9.17, 15) is 9.90 Å². The van der Waals surface area contributed by atoms with Gasteiger partial charge in [-0.1, -0.05) is 33.3 Å². The Morgan fingerprint density at radius 1 is 1.40 bits per heavy atom. The quantitative estimate of drug-likeness (QED) is 0.800. The third-order valence-electron chi connectivity index (χ3n) is 1.81. The highest BCUT2D eigenvalue weighted by atomic mass is 35.5. The second kappa shape index (κ2) is 7.30. The molecule has 1 rings (SSSR count). The smallest absolute Gasteiger partial charge is 0.256 e. The van der Waals surface area contributed by atoms with Crippen LogP contribution in [0, 0.1) is 0 Å². The van der Waals surface area contributed by atoms with E-state index >= 15 is 0 Å². The first-order valence-electron chi connectivity index (χ1n) is 5.17. The van der Waals surface area contributed by atoms with Gasteiger partial charge in [0.05, 0.1) is 5.56 Å². The minimum atomic E-state index is -0.615. The monoisotopic (exact) mass is 228 g/mol. The topological polar surface area (TPSA) is 37.3 Å². The molecular formula is C12H17ClO2. The SMILES string of the molecule is CC.CCCc1ccc(O)c(C(=O)Cl)c1. The van der Waals surface area contributed by atoms with Crippen LogP contribution in [0.3, 0.4) is 0 Å². The molecule has 0 spiro atoms. The first kappa shape index (κ1) is 14.0. The Bertz CT molecular complexity index is 321. The highest BCUT2D eigenvalue weighted by Crippen LogP contribution is 2.20. The van der Waals surface area contributed by atoms with Gasteiger partial charge in [0.15, 0.2) is 0 Å². The van der Waals surface area contributed by atoms with Crippen molar-refractivity contribution in [3.8, 4) is 5.75 Å². The summed E-state index contributed by atoms with van der Waals surface area (Å²) in [6.07, 6.45) is 1.89. The molecule has 0 bridgehead atoms. The van der Waals surface area contributed by atoms with Gasteiger partial charge in [-0.25, -0.2) is 0 Å². The summed E-state index contributed by atoms with van der Waals surface area (Å²) in [5.74, 6) is -0.0557. The summed E-state index contributed by atoms with van der Waals surface area (Å²) in [6.45, 7) is 6.05. The third kappa shape index (κ3) is 4.34. The molecule has 0 atom stereocenters. The molecular weight excluding hydrogens is 212 g/mol. The zero-order valence-electron chi connectivity index (χ0n) is 9.38. The summed E-state index contributed by atoms with van der Waals surface area (Å²) >= 11 is 5.28. The van der Waals surface area contributed by atoms with Crippen molar-refractivity contribution in [3.05, 3.63) is 29.3 Å². The van der Waals surface area contributed by atoms with Crippen LogP contribution in [0.1, 0.15) is 43.1 Å². The number of carbonyl (C=O) groups is 1. The molecule has 0 saturated carbocycles. The number of hydrogen-bond acceptors (Lipinski definition) is 2. The molecule has 0 aliphatic rings. The number of carbonyl (C=O) groups excluding carboxylic acids is 1. The second-order valence-electron chi connectivity index (χ2n) is 2.88. The Labute approximate surface area is 95.9 Å². The van der Waals surface area contributed by atoms with Crippen molar-refractivity contribution in [2.75, 3.05) is 0 Å². The molecule has 0 saturated heterocycles. The number of aromatic hydroxyl groups is 1. The summed E-state index contributed by atoms with van der Waals surface area (Å²) in [4.78, 5) is 10.8. The minimum absolute atomic E-state index is 0.0557. The lowest BCUT2D eigenvalue weighted by atomic mass is 10.1. The number of halogens is 1. The average molecular weight is 229 g/mol. The molecule has 0 heterocycles. The maximum atomic E-state index is 10.8. The van der Waals surface area contributed by atoms with Crippen molar-refractivity contribution in [3.63, 3.8) is 0 Å². The Kier molecular flexibility index (Phi) is 6.80. The van der Waals surface area contributed by atoms with Crippen LogP contribution >= 0.6 is 11.6 Å². The van der Waals surface area contributed by atoms with E-state index in [2.05, 4.69) is 6.92 Å². The van der Waals surface area contributed by atoms with Crippen LogP contribution < -0.4 is 0 Å². The molecule has 0 unspecified atom stereocenters. The third-order valence-corrected chi connectivity index (χ3v) is 2.01. The number of phenolic OH excluding ortho intramolecular Hbond substituents is 1. The molecule has 0 amide bonds. The summed E-state index contributed by atoms with van der Waals surface area (Å²) < 4.78 is 0. The first-order chi connectivity index (χ1) is 7.15. The van der Waals surface area contributed by atoms with Crippen molar-refractivity contribution in [2.24, 2.45) is 0 Å². The maximum absolute atomic E-state index is 10.8. The van der Waals surface area contributed by atoms with Crippen LogP contribution in [0.5, 0.6) is 5.75 Å². The van der Waals surface area contributed by atoms with Gasteiger partial charge in [0.2, 0.25) is 0 Å². The van der Waals surface area contributed by atoms with Crippen LogP contribution in [0.4, 0.5) is 0 Å². The van der Waals surface area contributed by atoms with Crippen molar-refractivity contribution >= 4 is 16.8 Å². The predicted molar refractivity (Wildman–Crippen MR) is 63.6 cm³/mol. The van der Waals surface area contributed by atoms with Gasteiger partial charge in [0.25, 0.3) is 5.24 Å². The van der Waals surface area contributed by atoms with Crippen LogP contribution in [-0.4, -0.2) is 10.3 Å². The van der Waals surface area contributed by atoms with E-state index in [1.54, 1.807) is 12.1 Å². The molecule has 0 aliphatic carbocycles. The summed E-state index contributed by atoms with van der Waals surface area (Å²) in [6, 6.07) is 4.93. The molecule has 84 valence electrons. The van der Waals surface area contributed by atoms with Crippen molar-refractivity contribution in [1.82, 2.24) is 0 Å². The molecule has 2 nitrogen and oxygen atoms in total. The summed E-state index contributed by atoms with van der Waals surface area (Å²) in [7, 11) is 0. The van der Waals surface area contributed by atoms with E-state index in [0.29, 0.717) is 0 Å². The molecule has 0 aliphatic heterocycles. The number of rotatable bonds is 3. The summed E-state index contributed by atoms with van der Waals surface area (Å²) in [5, 5.41) is 8.65. The molecule has 0 fully saturated rings. The van der Waals surface area contributed by atoms with E-state index in [4.69, 9.17) is 11.6 Å². The summed E-state index contributed by atoms with van der Waals surface area (Å²) in [5.41, 5.74) is 1.21. The van der Waals surface area contributed by atoms with Crippen LogP contribution in [0.15, 0.2) is 18.2 Å². The zero-order valence-corrected chi connectivity index (χ0v) is 10.1. The lowest BCUT2D eigenvalue weighted by Gasteiger charge is -2.02. The maximum Gasteiger partial charge on any atom is 0.256 e. The van der Waals surface area contributed by atoms with E-state index in [0.717, 1.165) is 18.4 Å². The van der Waals surface area contributed by atoms with Gasteiger partial charge in [0.1, 0.15) is 5.75 Å².